The number of methoxy groups -OCH3 is 2. The monoisotopic (exact) mass is 991 g/mol. The van der Waals surface area contributed by atoms with E-state index < -0.39 is 152 Å². The fraction of sp³-hybridized carbons (Fsp3) is 0.833. The van der Waals surface area contributed by atoms with Gasteiger partial charge in [0, 0.05) is 44.8 Å². The lowest BCUT2D eigenvalue weighted by Crippen LogP contribution is -2.65. The Balaban J connectivity index is 1.60. The molecule has 0 aromatic carbocycles. The highest BCUT2D eigenvalue weighted by Gasteiger charge is 2.53. The molecule has 4 heterocycles. The number of ketones is 1. The second-order valence-corrected chi connectivity index (χ2v) is 19.6. The van der Waals surface area contributed by atoms with Gasteiger partial charge < -0.3 is 77.5 Å². The number of rotatable bonds is 15. The lowest BCUT2D eigenvalue weighted by Gasteiger charge is -2.50. The van der Waals surface area contributed by atoms with E-state index in [9.17, 15) is 39.6 Å². The summed E-state index contributed by atoms with van der Waals surface area (Å²) in [7, 11) is 6.39. The number of alkyl halides is 1. The van der Waals surface area contributed by atoms with E-state index in [0.29, 0.717) is 18.3 Å². The molecule has 390 valence electrons. The van der Waals surface area contributed by atoms with Crippen LogP contribution < -0.4 is 0 Å². The summed E-state index contributed by atoms with van der Waals surface area (Å²) in [5, 5.41) is 45.9. The molecule has 4 aliphatic rings. The van der Waals surface area contributed by atoms with E-state index in [4.69, 9.17) is 59.0 Å². The molecule has 0 radical (unpaired) electrons. The van der Waals surface area contributed by atoms with Crippen molar-refractivity contribution in [3.63, 3.8) is 0 Å². The zero-order chi connectivity index (χ0) is 50.8. The maximum absolute atomic E-state index is 13.8. The van der Waals surface area contributed by atoms with Gasteiger partial charge in [0.15, 0.2) is 30.8 Å². The minimum atomic E-state index is -1.56. The molecule has 0 bridgehead atoms. The Kier molecular flexibility index (Phi) is 22.5. The molecule has 0 aromatic rings. The van der Waals surface area contributed by atoms with Gasteiger partial charge in [0.2, 0.25) is 0 Å². The summed E-state index contributed by atoms with van der Waals surface area (Å²) >= 11 is 5.65. The number of aldehydes is 1. The number of halogens is 1. The Morgan fingerprint density at radius 3 is 2.16 bits per heavy atom. The molecule has 68 heavy (non-hydrogen) atoms. The molecule has 4 aliphatic heterocycles. The second kappa shape index (κ2) is 26.3. The van der Waals surface area contributed by atoms with Crippen molar-refractivity contribution < 1.29 is 87.0 Å². The van der Waals surface area contributed by atoms with Crippen LogP contribution in [0, 0.1) is 23.7 Å². The van der Waals surface area contributed by atoms with Crippen LogP contribution in [-0.4, -0.2) is 194 Å². The maximum atomic E-state index is 13.8. The molecule has 0 saturated carbocycles. The molecular weight excluding hydrogens is 914 g/mol. The van der Waals surface area contributed by atoms with Crippen LogP contribution in [-0.2, 0) is 66.5 Å². The lowest BCUT2D eigenvalue weighted by molar-refractivity contribution is -0.342. The van der Waals surface area contributed by atoms with Crippen LogP contribution in [0.2, 0.25) is 0 Å². The van der Waals surface area contributed by atoms with E-state index in [1.807, 2.05) is 13.0 Å². The largest absolute Gasteiger partial charge is 0.462 e. The van der Waals surface area contributed by atoms with Crippen LogP contribution in [0.4, 0.5) is 0 Å². The summed E-state index contributed by atoms with van der Waals surface area (Å²) in [4.78, 5) is 53.7. The minimum Gasteiger partial charge on any atom is -0.462 e. The zero-order valence-corrected chi connectivity index (χ0v) is 42.4. The van der Waals surface area contributed by atoms with Gasteiger partial charge in [-0.1, -0.05) is 38.5 Å². The van der Waals surface area contributed by atoms with Crippen LogP contribution in [0.15, 0.2) is 23.8 Å². The first-order valence-electron chi connectivity index (χ1n) is 23.7. The summed E-state index contributed by atoms with van der Waals surface area (Å²) in [6, 6.07) is -0.795. The Hall–Kier alpha value is -2.47. The number of ether oxygens (including phenoxy) is 10. The molecular formula is C48H78ClNO18. The van der Waals surface area contributed by atoms with Crippen LogP contribution in [0.5, 0.6) is 0 Å². The molecule has 1 unspecified atom stereocenters. The molecule has 0 amide bonds. The van der Waals surface area contributed by atoms with Gasteiger partial charge in [-0.05, 0) is 73.5 Å². The molecule has 21 atom stereocenters. The number of nitrogens with zero attached hydrogens (tertiary/aromatic N) is 1. The zero-order valence-electron chi connectivity index (χ0n) is 41.6. The third-order valence-corrected chi connectivity index (χ3v) is 14.0. The van der Waals surface area contributed by atoms with Gasteiger partial charge in [-0.2, -0.15) is 0 Å². The predicted octanol–water partition coefficient (Wildman–Crippen LogP) is 2.62. The molecule has 0 aromatic heterocycles. The number of carbonyl (C=O) groups excluding carboxylic acids is 4. The summed E-state index contributed by atoms with van der Waals surface area (Å²) in [6.45, 7) is 13.6. The quantitative estimate of drug-likeness (QED) is 0.105. The average molecular weight is 993 g/mol. The van der Waals surface area contributed by atoms with E-state index in [1.54, 1.807) is 66.6 Å². The SMILES string of the molecule is CC[C@H]1OC(=O)C[C@@H](O)[C@H](C)[C@@H](O[C@@H]2O[C@H](C)[C@@H](O[C@H]3C[C@@](C)(O)[C@@H](OC(=O)CCl)[C@H](C)O3)[C@H](N(C)C)[C@H]2O)[C@@H](CC=O)C[C@@H](C)C(=O)/C=C/C(C)=C/C1CO[C@@H]1O[C@H](C)[C@@H](O)[C@@H](OC)[C@H]1OC. The van der Waals surface area contributed by atoms with Gasteiger partial charge >= 0.3 is 11.9 Å². The Labute approximate surface area is 406 Å². The summed E-state index contributed by atoms with van der Waals surface area (Å²) < 4.78 is 60.4. The summed E-state index contributed by atoms with van der Waals surface area (Å²) in [5.74, 6) is -4.81. The third kappa shape index (κ3) is 14.8. The molecule has 3 fully saturated rings. The Morgan fingerprint density at radius 1 is 0.912 bits per heavy atom. The van der Waals surface area contributed by atoms with Crippen molar-refractivity contribution in [3.8, 4) is 0 Å². The predicted molar refractivity (Wildman–Crippen MR) is 245 cm³/mol. The average Bonchev–Trinajstić information content (AvgIpc) is 3.27. The van der Waals surface area contributed by atoms with E-state index >= 15 is 0 Å². The van der Waals surface area contributed by atoms with Crippen molar-refractivity contribution >= 4 is 35.6 Å². The van der Waals surface area contributed by atoms with E-state index in [-0.39, 0.29) is 31.7 Å². The Morgan fingerprint density at radius 2 is 1.57 bits per heavy atom. The molecule has 0 aliphatic carbocycles. The van der Waals surface area contributed by atoms with Crippen LogP contribution in [0.1, 0.15) is 87.5 Å². The van der Waals surface area contributed by atoms with E-state index in [2.05, 4.69) is 0 Å². The highest BCUT2D eigenvalue weighted by molar-refractivity contribution is 6.26. The van der Waals surface area contributed by atoms with Crippen molar-refractivity contribution in [3.05, 3.63) is 23.8 Å². The number of likely N-dealkylation sites (N-methyl/N-ethyl adjacent to an activating group) is 1. The maximum Gasteiger partial charge on any atom is 0.321 e. The number of allylic oxidation sites excluding steroid dienone is 3. The fourth-order valence-electron chi connectivity index (χ4n) is 9.90. The number of aliphatic hydroxyl groups is 4. The second-order valence-electron chi connectivity index (χ2n) is 19.3. The van der Waals surface area contributed by atoms with Crippen molar-refractivity contribution in [2.24, 2.45) is 23.7 Å². The van der Waals surface area contributed by atoms with E-state index in [0.717, 1.165) is 0 Å². The van der Waals surface area contributed by atoms with Crippen molar-refractivity contribution in [2.75, 3.05) is 40.8 Å². The molecule has 4 N–H and O–H groups in total. The molecule has 3 saturated heterocycles. The van der Waals surface area contributed by atoms with Crippen molar-refractivity contribution in [2.45, 2.75) is 191 Å². The number of carbonyl (C=O) groups is 4. The number of esters is 2. The van der Waals surface area contributed by atoms with Gasteiger partial charge in [0.1, 0.15) is 54.4 Å². The van der Waals surface area contributed by atoms with Gasteiger partial charge in [-0.25, -0.2) is 0 Å². The van der Waals surface area contributed by atoms with Crippen LogP contribution >= 0.6 is 11.6 Å². The number of hydrogen-bond acceptors (Lipinski definition) is 19. The lowest BCUT2D eigenvalue weighted by atomic mass is 9.79. The summed E-state index contributed by atoms with van der Waals surface area (Å²) in [6.07, 6.45) is -8.94. The normalized spacial score (nSPS) is 43.8. The van der Waals surface area contributed by atoms with Gasteiger partial charge in [-0.3, -0.25) is 14.4 Å². The molecule has 20 heteroatoms. The van der Waals surface area contributed by atoms with Crippen LogP contribution in [0.3, 0.4) is 0 Å². The first-order valence-corrected chi connectivity index (χ1v) is 24.2. The topological polar surface area (TPSA) is 245 Å². The van der Waals surface area contributed by atoms with Gasteiger partial charge in [0.25, 0.3) is 0 Å². The highest BCUT2D eigenvalue weighted by atomic mass is 35.5. The van der Waals surface area contributed by atoms with Crippen molar-refractivity contribution in [1.82, 2.24) is 4.90 Å². The van der Waals surface area contributed by atoms with Crippen molar-refractivity contribution in [1.29, 1.82) is 0 Å². The van der Waals surface area contributed by atoms with Crippen LogP contribution in [0.25, 0.3) is 0 Å². The standard InChI is InChI=1S/C48H78ClNO18/c1-13-34-31(23-61-47-44(60-12)43(59-11)39(56)27(5)63-47)18-24(2)14-15-32(52)25(3)19-30(16-17-51)41(26(4)33(53)20-35(54)65-34)68-46-40(57)38(50(9)10)42(28(6)64-46)67-37-21-48(8,58)45(29(7)62-37)66-36(55)22-49/h14-15,17-18,25-31,33-34,37-47,53,56-58H,13,16,19-23H2,1-12H3/b15-14+,24-18+/t25-,26+,27-,28-,29+,30+,31?,33-,34-,37+,38-,39-,40-,41-,42-,43-,44-,45+,46+,47-,48-/m1/s1. The van der Waals surface area contributed by atoms with Gasteiger partial charge in [0.05, 0.1) is 49.6 Å². The number of aliphatic hydroxyl groups excluding tert-OH is 3. The Bertz CT molecular complexity index is 1700. The summed E-state index contributed by atoms with van der Waals surface area (Å²) in [5.41, 5.74) is -0.884. The first kappa shape index (κ1) is 58.1. The minimum absolute atomic E-state index is 0.0183. The first-order chi connectivity index (χ1) is 32.0. The number of hydrogen-bond donors (Lipinski definition) is 4. The third-order valence-electron chi connectivity index (χ3n) is 13.7. The van der Waals surface area contributed by atoms with Gasteiger partial charge in [-0.15, -0.1) is 11.6 Å². The smallest absolute Gasteiger partial charge is 0.321 e. The highest BCUT2D eigenvalue weighted by Crippen LogP contribution is 2.38. The molecule has 4 rings (SSSR count). The molecule has 0 spiro atoms. The van der Waals surface area contributed by atoms with E-state index in [1.165, 1.54) is 27.2 Å². The number of cyclic esters (lactones) is 1. The fourth-order valence-corrected chi connectivity index (χ4v) is 9.96. The molecule has 19 nitrogen and oxygen atoms in total.